The Labute approximate surface area is 129 Å². The molecule has 1 heterocycles. The van der Waals surface area contributed by atoms with Crippen molar-refractivity contribution in [3.8, 4) is 0 Å². The summed E-state index contributed by atoms with van der Waals surface area (Å²) in [5.74, 6) is 0. The van der Waals surface area contributed by atoms with Crippen LogP contribution in [0.15, 0.2) is 46.0 Å². The Balaban J connectivity index is 1.67. The summed E-state index contributed by atoms with van der Waals surface area (Å²) in [4.78, 5) is 0.327. The zero-order valence-corrected chi connectivity index (χ0v) is 13.2. The van der Waals surface area contributed by atoms with Crippen LogP contribution in [0.4, 0.5) is 0 Å². The summed E-state index contributed by atoms with van der Waals surface area (Å²) in [7, 11) is -3.45. The molecule has 6 heteroatoms. The quantitative estimate of drug-likeness (QED) is 0.823. The number of benzene rings is 1. The van der Waals surface area contributed by atoms with Crippen LogP contribution in [0.25, 0.3) is 0 Å². The molecule has 1 aliphatic carbocycles. The van der Waals surface area contributed by atoms with Gasteiger partial charge in [0.05, 0.1) is 4.90 Å². The summed E-state index contributed by atoms with van der Waals surface area (Å²) < 4.78 is 27.2. The third kappa shape index (κ3) is 4.14. The van der Waals surface area contributed by atoms with E-state index in [1.54, 1.807) is 29.5 Å². The second-order valence-corrected chi connectivity index (χ2v) is 7.81. The highest BCUT2D eigenvalue weighted by Gasteiger charge is 2.20. The van der Waals surface area contributed by atoms with Gasteiger partial charge in [0, 0.05) is 19.1 Å². The molecule has 1 fully saturated rings. The zero-order chi connectivity index (χ0) is 14.7. The fraction of sp³-hybridized carbons (Fsp3) is 0.333. The average molecular weight is 322 g/mol. The van der Waals surface area contributed by atoms with Crippen molar-refractivity contribution in [2.24, 2.45) is 0 Å². The molecule has 1 aromatic carbocycles. The first kappa shape index (κ1) is 14.7. The molecule has 1 saturated carbocycles. The van der Waals surface area contributed by atoms with Crippen LogP contribution in [0.3, 0.4) is 0 Å². The summed E-state index contributed by atoms with van der Waals surface area (Å²) >= 11 is 1.56. The summed E-state index contributed by atoms with van der Waals surface area (Å²) in [5.41, 5.74) is 1.98. The SMILES string of the molecule is O=S(=O)(NCc1ccsc1)c1cccc(CNC2CC2)c1. The lowest BCUT2D eigenvalue weighted by Crippen LogP contribution is -2.23. The van der Waals surface area contributed by atoms with E-state index in [2.05, 4.69) is 10.0 Å². The largest absolute Gasteiger partial charge is 0.310 e. The first-order chi connectivity index (χ1) is 10.1. The third-order valence-electron chi connectivity index (χ3n) is 3.43. The lowest BCUT2D eigenvalue weighted by molar-refractivity contribution is 0.581. The number of nitrogens with one attached hydrogen (secondary N) is 2. The fourth-order valence-electron chi connectivity index (χ4n) is 2.03. The minimum atomic E-state index is -3.45. The molecule has 0 unspecified atom stereocenters. The van der Waals surface area contributed by atoms with Gasteiger partial charge in [-0.1, -0.05) is 12.1 Å². The third-order valence-corrected chi connectivity index (χ3v) is 5.56. The molecule has 0 aliphatic heterocycles. The predicted octanol–water partition coefficient (Wildman–Crippen LogP) is 2.48. The molecular formula is C15H18N2O2S2. The Morgan fingerprint density at radius 2 is 2.00 bits per heavy atom. The highest BCUT2D eigenvalue weighted by atomic mass is 32.2. The molecule has 0 radical (unpaired) electrons. The van der Waals surface area contributed by atoms with E-state index in [9.17, 15) is 8.42 Å². The van der Waals surface area contributed by atoms with Crippen LogP contribution in [0.2, 0.25) is 0 Å². The van der Waals surface area contributed by atoms with Gasteiger partial charge in [0.25, 0.3) is 0 Å². The molecule has 0 amide bonds. The number of hydrogen-bond acceptors (Lipinski definition) is 4. The monoisotopic (exact) mass is 322 g/mol. The summed E-state index contributed by atoms with van der Waals surface area (Å²) in [6, 6.07) is 9.66. The molecule has 1 aliphatic rings. The molecule has 21 heavy (non-hydrogen) atoms. The molecule has 2 aromatic rings. The molecule has 0 atom stereocenters. The minimum Gasteiger partial charge on any atom is -0.310 e. The minimum absolute atomic E-state index is 0.327. The van der Waals surface area contributed by atoms with Gasteiger partial charge in [-0.15, -0.1) is 0 Å². The van der Waals surface area contributed by atoms with Gasteiger partial charge in [-0.05, 0) is 52.9 Å². The molecule has 3 rings (SSSR count). The molecule has 4 nitrogen and oxygen atoms in total. The lowest BCUT2D eigenvalue weighted by Gasteiger charge is -2.08. The van der Waals surface area contributed by atoms with E-state index >= 15 is 0 Å². The van der Waals surface area contributed by atoms with Gasteiger partial charge in [-0.3, -0.25) is 0 Å². The molecule has 0 spiro atoms. The topological polar surface area (TPSA) is 58.2 Å². The number of hydrogen-bond donors (Lipinski definition) is 2. The van der Waals surface area contributed by atoms with Crippen molar-refractivity contribution in [3.05, 3.63) is 52.2 Å². The predicted molar refractivity (Wildman–Crippen MR) is 84.6 cm³/mol. The fourth-order valence-corrected chi connectivity index (χ4v) is 3.78. The van der Waals surface area contributed by atoms with Crippen molar-refractivity contribution in [1.29, 1.82) is 0 Å². The van der Waals surface area contributed by atoms with E-state index in [0.29, 0.717) is 17.5 Å². The van der Waals surface area contributed by atoms with Gasteiger partial charge < -0.3 is 5.32 Å². The van der Waals surface area contributed by atoms with Crippen LogP contribution >= 0.6 is 11.3 Å². The van der Waals surface area contributed by atoms with Crippen LogP contribution in [0.1, 0.15) is 24.0 Å². The van der Waals surface area contributed by atoms with E-state index < -0.39 is 10.0 Å². The van der Waals surface area contributed by atoms with E-state index in [1.165, 1.54) is 12.8 Å². The average Bonchev–Trinajstić information content (AvgIpc) is 3.17. The summed E-state index contributed by atoms with van der Waals surface area (Å²) in [6.07, 6.45) is 2.44. The van der Waals surface area contributed by atoms with Crippen LogP contribution in [0.5, 0.6) is 0 Å². The maximum Gasteiger partial charge on any atom is 0.240 e. The number of thiophene rings is 1. The molecular weight excluding hydrogens is 304 g/mol. The van der Waals surface area contributed by atoms with Crippen molar-refractivity contribution in [1.82, 2.24) is 10.0 Å². The first-order valence-corrected chi connectivity index (χ1v) is 9.39. The zero-order valence-electron chi connectivity index (χ0n) is 11.6. The Kier molecular flexibility index (Phi) is 4.40. The van der Waals surface area contributed by atoms with Gasteiger partial charge in [0.2, 0.25) is 10.0 Å². The van der Waals surface area contributed by atoms with Crippen molar-refractivity contribution in [2.45, 2.75) is 36.9 Å². The Morgan fingerprint density at radius 3 is 2.71 bits per heavy atom. The van der Waals surface area contributed by atoms with Crippen LogP contribution < -0.4 is 10.0 Å². The number of sulfonamides is 1. The lowest BCUT2D eigenvalue weighted by atomic mass is 10.2. The maximum atomic E-state index is 12.3. The second-order valence-electron chi connectivity index (χ2n) is 5.26. The van der Waals surface area contributed by atoms with Crippen molar-refractivity contribution >= 4 is 21.4 Å². The van der Waals surface area contributed by atoms with Crippen LogP contribution in [0, 0.1) is 0 Å². The van der Waals surface area contributed by atoms with E-state index in [4.69, 9.17) is 0 Å². The molecule has 0 bridgehead atoms. The normalized spacial score (nSPS) is 15.2. The highest BCUT2D eigenvalue weighted by molar-refractivity contribution is 7.89. The van der Waals surface area contributed by atoms with E-state index in [-0.39, 0.29) is 0 Å². The van der Waals surface area contributed by atoms with Crippen molar-refractivity contribution in [2.75, 3.05) is 0 Å². The molecule has 2 N–H and O–H groups in total. The van der Waals surface area contributed by atoms with Gasteiger partial charge in [0.15, 0.2) is 0 Å². The standard InChI is InChI=1S/C15H18N2O2S2/c18-21(19,17-10-13-6-7-20-11-13)15-3-1-2-12(8-15)9-16-14-4-5-14/h1-3,6-8,11,14,16-17H,4-5,9-10H2. The van der Waals surface area contributed by atoms with E-state index in [0.717, 1.165) is 17.7 Å². The van der Waals surface area contributed by atoms with Crippen LogP contribution in [-0.2, 0) is 23.1 Å². The van der Waals surface area contributed by atoms with Gasteiger partial charge in [-0.2, -0.15) is 11.3 Å². The summed E-state index contributed by atoms with van der Waals surface area (Å²) in [5, 5.41) is 7.27. The van der Waals surface area contributed by atoms with Gasteiger partial charge >= 0.3 is 0 Å². The molecule has 112 valence electrons. The molecule has 1 aromatic heterocycles. The van der Waals surface area contributed by atoms with Crippen LogP contribution in [-0.4, -0.2) is 14.5 Å². The van der Waals surface area contributed by atoms with Gasteiger partial charge in [-0.25, -0.2) is 13.1 Å². The van der Waals surface area contributed by atoms with Crippen molar-refractivity contribution in [3.63, 3.8) is 0 Å². The highest BCUT2D eigenvalue weighted by Crippen LogP contribution is 2.20. The Morgan fingerprint density at radius 1 is 1.14 bits per heavy atom. The first-order valence-electron chi connectivity index (χ1n) is 6.96. The molecule has 0 saturated heterocycles. The van der Waals surface area contributed by atoms with Crippen molar-refractivity contribution < 1.29 is 8.42 Å². The van der Waals surface area contributed by atoms with Gasteiger partial charge in [0.1, 0.15) is 0 Å². The second kappa shape index (κ2) is 6.27. The Hall–Kier alpha value is -1.21. The number of rotatable bonds is 7. The summed E-state index contributed by atoms with van der Waals surface area (Å²) in [6.45, 7) is 1.05. The Bertz CT molecular complexity index is 692. The van der Waals surface area contributed by atoms with E-state index in [1.807, 2.05) is 22.9 Å². The smallest absolute Gasteiger partial charge is 0.240 e. The maximum absolute atomic E-state index is 12.3.